The molecule has 0 amide bonds. The Hall–Kier alpha value is -0.0800. The maximum absolute atomic E-state index is 9.47. The van der Waals surface area contributed by atoms with Gasteiger partial charge in [-0.25, -0.2) is 0 Å². The molecule has 0 aromatic rings. The van der Waals surface area contributed by atoms with Crippen LogP contribution in [0.1, 0.15) is 51.9 Å². The fourth-order valence-corrected chi connectivity index (χ4v) is 3.29. The molecule has 2 aliphatic rings. The lowest BCUT2D eigenvalue weighted by Crippen LogP contribution is -2.39. The van der Waals surface area contributed by atoms with Crippen molar-refractivity contribution in [3.8, 4) is 0 Å². The van der Waals surface area contributed by atoms with Crippen molar-refractivity contribution in [3.63, 3.8) is 0 Å². The van der Waals surface area contributed by atoms with E-state index in [1.807, 2.05) is 0 Å². The number of aliphatic hydroxyl groups is 1. The molecule has 94 valence electrons. The number of hydrogen-bond acceptors (Lipinski definition) is 2. The molecule has 16 heavy (non-hydrogen) atoms. The van der Waals surface area contributed by atoms with Crippen LogP contribution in [0.15, 0.2) is 0 Å². The zero-order valence-corrected chi connectivity index (χ0v) is 10.7. The van der Waals surface area contributed by atoms with Gasteiger partial charge in [-0.2, -0.15) is 0 Å². The smallest absolute Gasteiger partial charge is 0.0564 e. The Morgan fingerprint density at radius 1 is 0.938 bits per heavy atom. The molecule has 0 spiro atoms. The third kappa shape index (κ3) is 3.46. The normalized spacial score (nSPS) is 34.1. The Morgan fingerprint density at radius 3 is 2.06 bits per heavy atom. The maximum Gasteiger partial charge on any atom is 0.0564 e. The average molecular weight is 225 g/mol. The minimum atomic E-state index is -0.0212. The van der Waals surface area contributed by atoms with Gasteiger partial charge in [-0.1, -0.05) is 26.2 Å². The molecule has 1 saturated heterocycles. The first-order valence-electron chi connectivity index (χ1n) is 7.18. The van der Waals surface area contributed by atoms with E-state index in [-0.39, 0.29) is 6.10 Å². The van der Waals surface area contributed by atoms with Crippen LogP contribution in [0.5, 0.6) is 0 Å². The topological polar surface area (TPSA) is 23.5 Å². The molecule has 0 aromatic carbocycles. The van der Waals surface area contributed by atoms with E-state index in [9.17, 15) is 5.11 Å². The van der Waals surface area contributed by atoms with Gasteiger partial charge in [0, 0.05) is 19.6 Å². The molecule has 0 atom stereocenters. The largest absolute Gasteiger partial charge is 0.393 e. The van der Waals surface area contributed by atoms with Crippen molar-refractivity contribution in [2.45, 2.75) is 58.0 Å². The van der Waals surface area contributed by atoms with Gasteiger partial charge in [0.05, 0.1) is 6.10 Å². The fourth-order valence-electron chi connectivity index (χ4n) is 3.29. The molecular weight excluding hydrogens is 198 g/mol. The highest BCUT2D eigenvalue weighted by molar-refractivity contribution is 4.77. The number of rotatable bonds is 3. The molecule has 1 heterocycles. The summed E-state index contributed by atoms with van der Waals surface area (Å²) in [6, 6.07) is 0. The zero-order valence-electron chi connectivity index (χ0n) is 10.7. The zero-order chi connectivity index (χ0) is 11.4. The molecule has 1 N–H and O–H groups in total. The van der Waals surface area contributed by atoms with E-state index in [0.29, 0.717) is 0 Å². The monoisotopic (exact) mass is 225 g/mol. The highest BCUT2D eigenvalue weighted by atomic mass is 16.3. The summed E-state index contributed by atoms with van der Waals surface area (Å²) in [6.07, 6.45) is 9.13. The van der Waals surface area contributed by atoms with Crippen LogP contribution in [0.4, 0.5) is 0 Å². The van der Waals surface area contributed by atoms with E-state index in [4.69, 9.17) is 0 Å². The molecule has 0 unspecified atom stereocenters. The van der Waals surface area contributed by atoms with E-state index in [2.05, 4.69) is 11.8 Å². The second-order valence-corrected chi connectivity index (χ2v) is 5.83. The predicted octanol–water partition coefficient (Wildman–Crippen LogP) is 2.66. The van der Waals surface area contributed by atoms with Crippen molar-refractivity contribution in [3.05, 3.63) is 0 Å². The Morgan fingerprint density at radius 2 is 1.50 bits per heavy atom. The SMILES string of the molecule is CCC1CCC(CN2CCC(O)CC2)CC1. The Labute approximate surface area is 100 Å². The van der Waals surface area contributed by atoms with Gasteiger partial charge in [0.2, 0.25) is 0 Å². The highest BCUT2D eigenvalue weighted by Crippen LogP contribution is 2.31. The summed E-state index contributed by atoms with van der Waals surface area (Å²) in [5.41, 5.74) is 0. The van der Waals surface area contributed by atoms with Gasteiger partial charge in [-0.15, -0.1) is 0 Å². The molecule has 1 aliphatic carbocycles. The second-order valence-electron chi connectivity index (χ2n) is 5.83. The van der Waals surface area contributed by atoms with E-state index in [1.165, 1.54) is 38.6 Å². The Balaban J connectivity index is 1.66. The van der Waals surface area contributed by atoms with Crippen LogP contribution in [0.2, 0.25) is 0 Å². The number of piperidine rings is 1. The van der Waals surface area contributed by atoms with Crippen LogP contribution in [0.3, 0.4) is 0 Å². The first kappa shape index (κ1) is 12.4. The third-order valence-corrected chi connectivity index (χ3v) is 4.62. The lowest BCUT2D eigenvalue weighted by Gasteiger charge is -2.35. The number of aliphatic hydroxyl groups excluding tert-OH is 1. The summed E-state index contributed by atoms with van der Waals surface area (Å²) < 4.78 is 0. The molecule has 0 radical (unpaired) electrons. The predicted molar refractivity (Wildman–Crippen MR) is 67.4 cm³/mol. The van der Waals surface area contributed by atoms with Crippen LogP contribution in [-0.4, -0.2) is 35.7 Å². The molecule has 2 nitrogen and oxygen atoms in total. The summed E-state index contributed by atoms with van der Waals surface area (Å²) in [5, 5.41) is 9.47. The lowest BCUT2D eigenvalue weighted by molar-refractivity contribution is 0.0687. The molecule has 2 heteroatoms. The van der Waals surface area contributed by atoms with Gasteiger partial charge < -0.3 is 10.0 Å². The van der Waals surface area contributed by atoms with Crippen LogP contribution in [0, 0.1) is 11.8 Å². The first-order chi connectivity index (χ1) is 7.78. The summed E-state index contributed by atoms with van der Waals surface area (Å²) in [4.78, 5) is 2.57. The summed E-state index contributed by atoms with van der Waals surface area (Å²) in [5.74, 6) is 1.96. The van der Waals surface area contributed by atoms with Crippen LogP contribution < -0.4 is 0 Å². The number of nitrogens with zero attached hydrogens (tertiary/aromatic N) is 1. The minimum absolute atomic E-state index is 0.0212. The lowest BCUT2D eigenvalue weighted by atomic mass is 9.80. The van der Waals surface area contributed by atoms with E-state index in [1.54, 1.807) is 0 Å². The van der Waals surface area contributed by atoms with Crippen molar-refractivity contribution >= 4 is 0 Å². The molecule has 2 rings (SSSR count). The molecule has 2 fully saturated rings. The van der Waals surface area contributed by atoms with Gasteiger partial charge in [0.1, 0.15) is 0 Å². The van der Waals surface area contributed by atoms with Crippen LogP contribution >= 0.6 is 0 Å². The van der Waals surface area contributed by atoms with Gasteiger partial charge in [-0.05, 0) is 37.5 Å². The van der Waals surface area contributed by atoms with Crippen molar-refractivity contribution < 1.29 is 5.11 Å². The summed E-state index contributed by atoms with van der Waals surface area (Å²) in [7, 11) is 0. The van der Waals surface area contributed by atoms with Crippen LogP contribution in [0.25, 0.3) is 0 Å². The maximum atomic E-state index is 9.47. The highest BCUT2D eigenvalue weighted by Gasteiger charge is 2.24. The first-order valence-corrected chi connectivity index (χ1v) is 7.18. The van der Waals surface area contributed by atoms with Crippen molar-refractivity contribution in [1.82, 2.24) is 4.90 Å². The van der Waals surface area contributed by atoms with Gasteiger partial charge in [0.25, 0.3) is 0 Å². The Kier molecular flexibility index (Phi) is 4.66. The molecule has 1 saturated carbocycles. The van der Waals surface area contributed by atoms with E-state index < -0.39 is 0 Å². The van der Waals surface area contributed by atoms with Gasteiger partial charge in [0.15, 0.2) is 0 Å². The average Bonchev–Trinajstić information content (AvgIpc) is 2.33. The van der Waals surface area contributed by atoms with Crippen molar-refractivity contribution in [1.29, 1.82) is 0 Å². The summed E-state index contributed by atoms with van der Waals surface area (Å²) >= 11 is 0. The van der Waals surface area contributed by atoms with E-state index in [0.717, 1.165) is 37.8 Å². The third-order valence-electron chi connectivity index (χ3n) is 4.62. The summed E-state index contributed by atoms with van der Waals surface area (Å²) in [6.45, 7) is 5.86. The molecular formula is C14H27NO. The number of hydrogen-bond donors (Lipinski definition) is 1. The van der Waals surface area contributed by atoms with Crippen LogP contribution in [-0.2, 0) is 0 Å². The standard InChI is InChI=1S/C14H27NO/c1-2-12-3-5-13(6-4-12)11-15-9-7-14(16)8-10-15/h12-14,16H,2-11H2,1H3. The Bertz CT molecular complexity index is 191. The quantitative estimate of drug-likeness (QED) is 0.798. The second kappa shape index (κ2) is 6.02. The molecule has 0 bridgehead atoms. The van der Waals surface area contributed by atoms with E-state index >= 15 is 0 Å². The minimum Gasteiger partial charge on any atom is -0.393 e. The fraction of sp³-hybridized carbons (Fsp3) is 1.00. The van der Waals surface area contributed by atoms with Gasteiger partial charge >= 0.3 is 0 Å². The molecule has 0 aromatic heterocycles. The van der Waals surface area contributed by atoms with Crippen molar-refractivity contribution in [2.75, 3.05) is 19.6 Å². The molecule has 1 aliphatic heterocycles. The number of likely N-dealkylation sites (tertiary alicyclic amines) is 1. The van der Waals surface area contributed by atoms with Gasteiger partial charge in [-0.3, -0.25) is 0 Å². The van der Waals surface area contributed by atoms with Crippen molar-refractivity contribution in [2.24, 2.45) is 11.8 Å².